The van der Waals surface area contributed by atoms with Crippen molar-refractivity contribution in [2.75, 3.05) is 13.1 Å². The van der Waals surface area contributed by atoms with Crippen molar-refractivity contribution in [1.29, 1.82) is 0 Å². The predicted molar refractivity (Wildman–Crippen MR) is 116 cm³/mol. The van der Waals surface area contributed by atoms with Crippen molar-refractivity contribution in [2.45, 2.75) is 58.2 Å². The molecule has 3 N–H and O–H groups in total. The van der Waals surface area contributed by atoms with E-state index >= 15 is 0 Å². The molecule has 0 bridgehead atoms. The Morgan fingerprint density at radius 3 is 2.61 bits per heavy atom. The van der Waals surface area contributed by atoms with Crippen LogP contribution >= 0.6 is 24.0 Å². The number of guanidine groups is 1. The van der Waals surface area contributed by atoms with Gasteiger partial charge in [-0.3, -0.25) is 4.79 Å². The Morgan fingerprint density at radius 2 is 1.93 bits per heavy atom. The van der Waals surface area contributed by atoms with Gasteiger partial charge in [0.15, 0.2) is 5.96 Å². The lowest BCUT2D eigenvalue weighted by molar-refractivity contribution is -0.120. The summed E-state index contributed by atoms with van der Waals surface area (Å²) >= 11 is 0. The average molecular weight is 510 g/mol. The van der Waals surface area contributed by atoms with Crippen molar-refractivity contribution in [3.8, 4) is 5.75 Å². The van der Waals surface area contributed by atoms with Crippen LogP contribution in [0.25, 0.3) is 0 Å². The Balaban J connectivity index is 0.00000392. The van der Waals surface area contributed by atoms with E-state index in [0.29, 0.717) is 18.1 Å². The number of hydrogen-bond donors (Lipinski definition) is 3. The molecule has 0 radical (unpaired) electrons. The highest BCUT2D eigenvalue weighted by Gasteiger charge is 2.15. The van der Waals surface area contributed by atoms with E-state index in [1.807, 2.05) is 6.92 Å². The first-order valence-electron chi connectivity index (χ1n) is 9.42. The van der Waals surface area contributed by atoms with Gasteiger partial charge in [0.25, 0.3) is 0 Å². The predicted octanol–water partition coefficient (Wildman–Crippen LogP) is 3.41. The number of ether oxygens (including phenoxy) is 1. The summed E-state index contributed by atoms with van der Waals surface area (Å²) in [4.78, 5) is 16.5. The highest BCUT2D eigenvalue weighted by Crippen LogP contribution is 2.21. The fraction of sp³-hybridized carbons (Fsp3) is 0.579. The minimum absolute atomic E-state index is 0. The number of rotatable bonds is 8. The fourth-order valence-electron chi connectivity index (χ4n) is 3.04. The molecule has 1 aliphatic carbocycles. The van der Waals surface area contributed by atoms with Crippen molar-refractivity contribution >= 4 is 35.8 Å². The van der Waals surface area contributed by atoms with Gasteiger partial charge in [-0.25, -0.2) is 4.99 Å². The van der Waals surface area contributed by atoms with E-state index in [-0.39, 0.29) is 54.8 Å². The smallest absolute Gasteiger partial charge is 0.387 e. The van der Waals surface area contributed by atoms with Crippen molar-refractivity contribution in [2.24, 2.45) is 4.99 Å². The van der Waals surface area contributed by atoms with E-state index in [1.54, 1.807) is 18.2 Å². The van der Waals surface area contributed by atoms with E-state index < -0.39 is 6.61 Å². The maximum atomic E-state index is 12.5. The molecule has 6 nitrogen and oxygen atoms in total. The molecule has 0 aliphatic heterocycles. The number of amides is 1. The molecule has 1 amide bonds. The standard InChI is InChI=1S/C19H28F2N4O2.HI/c1-2-22-19(24-13-17(26)25-15-9-4-3-5-10-15)23-12-14-8-6-7-11-16(14)27-18(20)21;/h6-8,11,15,18H,2-5,9-10,12-13H2,1H3,(H,25,26)(H2,22,23,24);1H. The van der Waals surface area contributed by atoms with Crippen LogP contribution in [0.2, 0.25) is 0 Å². The summed E-state index contributed by atoms with van der Waals surface area (Å²) in [6.45, 7) is -0.0942. The van der Waals surface area contributed by atoms with Crippen LogP contribution in [0, 0.1) is 0 Å². The molecule has 0 spiro atoms. The lowest BCUT2D eigenvalue weighted by atomic mass is 9.95. The zero-order chi connectivity index (χ0) is 19.5. The van der Waals surface area contributed by atoms with Gasteiger partial charge in [-0.1, -0.05) is 37.5 Å². The first-order chi connectivity index (χ1) is 13.1. The van der Waals surface area contributed by atoms with Gasteiger partial charge in [-0.05, 0) is 25.8 Å². The molecule has 0 saturated heterocycles. The summed E-state index contributed by atoms with van der Waals surface area (Å²) in [5.74, 6) is 0.472. The molecule has 2 rings (SSSR count). The number of nitrogens with one attached hydrogen (secondary N) is 3. The third kappa shape index (κ3) is 9.03. The average Bonchev–Trinajstić information content (AvgIpc) is 2.65. The number of para-hydroxylation sites is 1. The molecule has 9 heteroatoms. The molecule has 1 aromatic rings. The van der Waals surface area contributed by atoms with Crippen LogP contribution in [-0.4, -0.2) is 37.6 Å². The summed E-state index contributed by atoms with van der Waals surface area (Å²) in [5, 5.41) is 9.05. The first-order valence-corrected chi connectivity index (χ1v) is 9.42. The molecular weight excluding hydrogens is 481 g/mol. The highest BCUT2D eigenvalue weighted by molar-refractivity contribution is 14.0. The largest absolute Gasteiger partial charge is 0.434 e. The van der Waals surface area contributed by atoms with E-state index in [1.165, 1.54) is 12.5 Å². The van der Waals surface area contributed by atoms with Gasteiger partial charge < -0.3 is 20.7 Å². The van der Waals surface area contributed by atoms with Gasteiger partial charge in [0.2, 0.25) is 5.91 Å². The van der Waals surface area contributed by atoms with Crippen LogP contribution < -0.4 is 20.7 Å². The number of carbonyl (C=O) groups excluding carboxylic acids is 1. The monoisotopic (exact) mass is 510 g/mol. The van der Waals surface area contributed by atoms with Gasteiger partial charge in [-0.15, -0.1) is 24.0 Å². The van der Waals surface area contributed by atoms with Crippen LogP contribution in [0.4, 0.5) is 8.78 Å². The molecule has 1 aromatic carbocycles. The normalized spacial score (nSPS) is 14.9. The van der Waals surface area contributed by atoms with Crippen LogP contribution in [0.1, 0.15) is 44.6 Å². The molecule has 28 heavy (non-hydrogen) atoms. The van der Waals surface area contributed by atoms with Crippen molar-refractivity contribution in [3.63, 3.8) is 0 Å². The zero-order valence-electron chi connectivity index (χ0n) is 16.0. The van der Waals surface area contributed by atoms with E-state index in [4.69, 9.17) is 0 Å². The van der Waals surface area contributed by atoms with Crippen molar-refractivity contribution in [3.05, 3.63) is 29.8 Å². The minimum atomic E-state index is -2.88. The van der Waals surface area contributed by atoms with E-state index in [0.717, 1.165) is 25.7 Å². The Kier molecular flexibility index (Phi) is 11.8. The Morgan fingerprint density at radius 1 is 1.21 bits per heavy atom. The summed E-state index contributed by atoms with van der Waals surface area (Å²) in [5.41, 5.74) is 0.543. The molecule has 0 atom stereocenters. The Bertz CT molecular complexity index is 626. The summed E-state index contributed by atoms with van der Waals surface area (Å²) < 4.78 is 29.5. The van der Waals surface area contributed by atoms with Gasteiger partial charge in [0.05, 0.1) is 13.1 Å². The fourth-order valence-corrected chi connectivity index (χ4v) is 3.04. The Labute approximate surface area is 181 Å². The van der Waals surface area contributed by atoms with Crippen LogP contribution in [0.5, 0.6) is 5.75 Å². The third-order valence-corrected chi connectivity index (χ3v) is 4.33. The molecule has 0 heterocycles. The van der Waals surface area contributed by atoms with Gasteiger partial charge in [-0.2, -0.15) is 8.78 Å². The molecule has 1 aliphatic rings. The lowest BCUT2D eigenvalue weighted by Gasteiger charge is -2.23. The molecular formula is C19H29F2IN4O2. The van der Waals surface area contributed by atoms with Crippen LogP contribution in [-0.2, 0) is 11.3 Å². The number of nitrogens with zero attached hydrogens (tertiary/aromatic N) is 1. The first kappa shape index (κ1) is 24.4. The minimum Gasteiger partial charge on any atom is -0.434 e. The Hall–Kier alpha value is -1.65. The second-order valence-electron chi connectivity index (χ2n) is 6.44. The topological polar surface area (TPSA) is 74.8 Å². The van der Waals surface area contributed by atoms with E-state index in [9.17, 15) is 13.6 Å². The summed E-state index contributed by atoms with van der Waals surface area (Å²) in [6, 6.07) is 6.78. The van der Waals surface area contributed by atoms with Gasteiger partial charge >= 0.3 is 6.61 Å². The van der Waals surface area contributed by atoms with Crippen LogP contribution in [0.15, 0.2) is 29.3 Å². The number of aliphatic imine (C=N–C) groups is 1. The third-order valence-electron chi connectivity index (χ3n) is 4.33. The maximum Gasteiger partial charge on any atom is 0.387 e. The summed E-state index contributed by atoms with van der Waals surface area (Å²) in [6.07, 6.45) is 5.60. The number of hydrogen-bond acceptors (Lipinski definition) is 3. The van der Waals surface area contributed by atoms with Crippen molar-refractivity contribution < 1.29 is 18.3 Å². The van der Waals surface area contributed by atoms with Gasteiger partial charge in [0.1, 0.15) is 5.75 Å². The second-order valence-corrected chi connectivity index (χ2v) is 6.44. The van der Waals surface area contributed by atoms with Gasteiger partial charge in [0, 0.05) is 18.2 Å². The molecule has 0 unspecified atom stereocenters. The second kappa shape index (κ2) is 13.5. The number of halogens is 3. The summed E-state index contributed by atoms with van der Waals surface area (Å²) in [7, 11) is 0. The van der Waals surface area contributed by atoms with E-state index in [2.05, 4.69) is 25.7 Å². The number of benzene rings is 1. The quantitative estimate of drug-likeness (QED) is 0.285. The maximum absolute atomic E-state index is 12.5. The lowest BCUT2D eigenvalue weighted by Crippen LogP contribution is -2.46. The molecule has 0 aromatic heterocycles. The van der Waals surface area contributed by atoms with Crippen molar-refractivity contribution in [1.82, 2.24) is 16.0 Å². The molecule has 1 saturated carbocycles. The molecule has 158 valence electrons. The zero-order valence-corrected chi connectivity index (χ0v) is 18.4. The number of alkyl halides is 2. The highest BCUT2D eigenvalue weighted by atomic mass is 127. The number of carbonyl (C=O) groups is 1. The van der Waals surface area contributed by atoms with Crippen LogP contribution in [0.3, 0.4) is 0 Å². The molecule has 1 fully saturated rings. The SMILES string of the molecule is CCNC(=NCc1ccccc1OC(F)F)NCC(=O)NC1CCCCC1.I.